The van der Waals surface area contributed by atoms with Crippen LogP contribution in [0.3, 0.4) is 0 Å². The molecule has 0 amide bonds. The molecule has 0 atom stereocenters. The number of rotatable bonds is 2. The second kappa shape index (κ2) is 8.77. The molecule has 0 spiro atoms. The van der Waals surface area contributed by atoms with E-state index >= 15 is 0 Å². The Labute approximate surface area is 243 Å². The van der Waals surface area contributed by atoms with Gasteiger partial charge in [0.05, 0.1) is 33.6 Å². The fourth-order valence-corrected chi connectivity index (χ4v) is 6.36. The summed E-state index contributed by atoms with van der Waals surface area (Å²) in [6.07, 6.45) is 0. The second-order valence-electron chi connectivity index (χ2n) is 10.8. The molecule has 204 valence electrons. The number of pyridine rings is 1. The summed E-state index contributed by atoms with van der Waals surface area (Å²) in [5.74, 6) is -1.39. The lowest BCUT2D eigenvalue weighted by molar-refractivity contribution is 0.0979. The molecule has 0 radical (unpaired) electrons. The lowest BCUT2D eigenvalue weighted by atomic mass is 9.80. The minimum absolute atomic E-state index is 0.0850. The number of hydrogen-bond acceptors (Lipinski definition) is 6. The van der Waals surface area contributed by atoms with Crippen molar-refractivity contribution in [3.63, 3.8) is 0 Å². The predicted molar refractivity (Wildman–Crippen MR) is 163 cm³/mol. The second-order valence-corrected chi connectivity index (χ2v) is 10.8. The number of hydrogen-bond donors (Lipinski definition) is 2. The summed E-state index contributed by atoms with van der Waals surface area (Å²) in [5, 5.41) is 3.91. The van der Waals surface area contributed by atoms with Gasteiger partial charge in [-0.25, -0.2) is 0 Å². The number of aryl methyl sites for hydroxylation is 1. The summed E-state index contributed by atoms with van der Waals surface area (Å²) in [6.45, 7) is 1.79. The van der Waals surface area contributed by atoms with Crippen LogP contribution in [-0.4, -0.2) is 28.1 Å². The molecule has 8 rings (SSSR count). The van der Waals surface area contributed by atoms with Gasteiger partial charge >= 0.3 is 0 Å². The van der Waals surface area contributed by atoms with Gasteiger partial charge in [0.15, 0.2) is 28.6 Å². The molecule has 7 nitrogen and oxygen atoms in total. The van der Waals surface area contributed by atoms with Crippen LogP contribution >= 0.6 is 0 Å². The van der Waals surface area contributed by atoms with Gasteiger partial charge in [-0.05, 0) is 36.8 Å². The third kappa shape index (κ3) is 3.33. The lowest BCUT2D eigenvalue weighted by Gasteiger charge is -2.25. The van der Waals surface area contributed by atoms with Crippen LogP contribution in [0.25, 0.3) is 21.8 Å². The molecule has 0 saturated carbocycles. The molecule has 0 saturated heterocycles. The van der Waals surface area contributed by atoms with E-state index in [-0.39, 0.29) is 78.3 Å². The molecule has 2 aliphatic carbocycles. The Bertz CT molecular complexity index is 2380. The van der Waals surface area contributed by atoms with Crippen LogP contribution in [0.5, 0.6) is 0 Å². The van der Waals surface area contributed by atoms with Crippen molar-refractivity contribution >= 4 is 56.3 Å². The van der Waals surface area contributed by atoms with E-state index < -0.39 is 5.78 Å². The van der Waals surface area contributed by atoms with Crippen molar-refractivity contribution in [1.29, 1.82) is 0 Å². The molecule has 1 aromatic heterocycles. The molecule has 2 N–H and O–H groups in total. The number of ketones is 4. The summed E-state index contributed by atoms with van der Waals surface area (Å²) >= 11 is 0. The Morgan fingerprint density at radius 1 is 0.535 bits per heavy atom. The maximum absolute atomic E-state index is 14.1. The molecule has 43 heavy (non-hydrogen) atoms. The first kappa shape index (κ1) is 24.8. The number of carbonyl (C=O) groups is 4. The molecule has 6 aromatic rings. The van der Waals surface area contributed by atoms with E-state index in [0.29, 0.717) is 27.7 Å². The van der Waals surface area contributed by atoms with Gasteiger partial charge in [-0.3, -0.25) is 24.0 Å². The van der Waals surface area contributed by atoms with E-state index in [1.54, 1.807) is 97.9 Å². The van der Waals surface area contributed by atoms with Gasteiger partial charge in [0, 0.05) is 44.1 Å². The van der Waals surface area contributed by atoms with Crippen molar-refractivity contribution < 1.29 is 19.2 Å². The topological polar surface area (TPSA) is 113 Å². The molecule has 0 bridgehead atoms. The van der Waals surface area contributed by atoms with Crippen molar-refractivity contribution in [3.8, 4) is 0 Å². The minimum Gasteiger partial charge on any atom is -0.354 e. The largest absolute Gasteiger partial charge is 0.354 e. The highest BCUT2D eigenvalue weighted by molar-refractivity contribution is 6.34. The van der Waals surface area contributed by atoms with E-state index in [2.05, 4.69) is 10.3 Å². The Hall–Kier alpha value is -5.95. The minimum atomic E-state index is -0.392. The summed E-state index contributed by atoms with van der Waals surface area (Å²) in [7, 11) is 0. The van der Waals surface area contributed by atoms with Crippen molar-refractivity contribution in [3.05, 3.63) is 151 Å². The Balaban J connectivity index is 1.44. The quantitative estimate of drug-likeness (QED) is 0.241. The Morgan fingerprint density at radius 2 is 1.09 bits per heavy atom. The summed E-state index contributed by atoms with van der Waals surface area (Å²) in [6, 6.07) is 25.2. The van der Waals surface area contributed by atoms with Crippen LogP contribution < -0.4 is 10.7 Å². The first-order chi connectivity index (χ1) is 20.8. The maximum Gasteiger partial charge on any atom is 0.197 e. The summed E-state index contributed by atoms with van der Waals surface area (Å²) < 4.78 is 0. The summed E-state index contributed by atoms with van der Waals surface area (Å²) in [4.78, 5) is 72.5. The predicted octanol–water partition coefficient (Wildman–Crippen LogP) is 6.28. The first-order valence-electron chi connectivity index (χ1n) is 13.7. The smallest absolute Gasteiger partial charge is 0.197 e. The third-order valence-electron chi connectivity index (χ3n) is 8.44. The van der Waals surface area contributed by atoms with Crippen LogP contribution in [0.1, 0.15) is 69.2 Å². The van der Waals surface area contributed by atoms with Gasteiger partial charge in [0.1, 0.15) is 0 Å². The van der Waals surface area contributed by atoms with Gasteiger partial charge in [-0.2, -0.15) is 0 Å². The van der Waals surface area contributed by atoms with Crippen molar-refractivity contribution in [1.82, 2.24) is 4.98 Å². The third-order valence-corrected chi connectivity index (χ3v) is 8.44. The molecule has 0 unspecified atom stereocenters. The van der Waals surface area contributed by atoms with Crippen molar-refractivity contribution in [2.75, 3.05) is 5.32 Å². The zero-order chi connectivity index (χ0) is 29.6. The fraction of sp³-hybridized carbons (Fsp3) is 0.0278. The van der Waals surface area contributed by atoms with Crippen LogP contribution in [0.15, 0.2) is 95.8 Å². The summed E-state index contributed by atoms with van der Waals surface area (Å²) in [5.41, 5.74) is 3.40. The van der Waals surface area contributed by atoms with Crippen LogP contribution in [0, 0.1) is 6.92 Å². The number of H-pyrrole nitrogens is 1. The highest BCUT2D eigenvalue weighted by atomic mass is 16.1. The number of fused-ring (bicyclic) bond motifs is 7. The van der Waals surface area contributed by atoms with Gasteiger partial charge in [0.2, 0.25) is 0 Å². The average Bonchev–Trinajstić information content (AvgIpc) is 3.03. The lowest BCUT2D eigenvalue weighted by Crippen LogP contribution is -2.25. The van der Waals surface area contributed by atoms with Crippen LogP contribution in [0.2, 0.25) is 0 Å². The number of aromatic nitrogens is 1. The molecule has 5 aromatic carbocycles. The highest BCUT2D eigenvalue weighted by Crippen LogP contribution is 2.41. The van der Waals surface area contributed by atoms with Gasteiger partial charge < -0.3 is 10.3 Å². The zero-order valence-corrected chi connectivity index (χ0v) is 22.7. The van der Waals surface area contributed by atoms with Crippen LogP contribution in [0.4, 0.5) is 11.4 Å². The molecule has 0 aliphatic heterocycles. The van der Waals surface area contributed by atoms with Gasteiger partial charge in [-0.1, -0.05) is 66.7 Å². The number of aromatic amines is 1. The molecular weight excluding hydrogens is 540 g/mol. The SMILES string of the molecule is Cc1ccc2c(c1Nc1cc3c(=O)c4ccccc4[nH]c3c3c1C(=O)c1ccccc1C3=O)C(=O)c1ccccc1C2=O. The van der Waals surface area contributed by atoms with E-state index in [1.165, 1.54) is 0 Å². The first-order valence-corrected chi connectivity index (χ1v) is 13.7. The Kier molecular flexibility index (Phi) is 5.06. The van der Waals surface area contributed by atoms with Crippen molar-refractivity contribution in [2.24, 2.45) is 0 Å². The number of anilines is 2. The van der Waals surface area contributed by atoms with Gasteiger partial charge in [0.25, 0.3) is 0 Å². The molecule has 2 aliphatic rings. The molecule has 0 fully saturated rings. The van der Waals surface area contributed by atoms with E-state index in [0.717, 1.165) is 0 Å². The number of benzene rings is 5. The molecule has 1 heterocycles. The van der Waals surface area contributed by atoms with E-state index in [1.807, 2.05) is 0 Å². The fourth-order valence-electron chi connectivity index (χ4n) is 6.36. The maximum atomic E-state index is 14.1. The zero-order valence-electron chi connectivity index (χ0n) is 22.7. The van der Waals surface area contributed by atoms with E-state index in [4.69, 9.17) is 0 Å². The number of para-hydroxylation sites is 1. The van der Waals surface area contributed by atoms with Crippen LogP contribution in [-0.2, 0) is 0 Å². The number of carbonyl (C=O) groups excluding carboxylic acids is 4. The Morgan fingerprint density at radius 3 is 1.77 bits per heavy atom. The average molecular weight is 561 g/mol. The molecular formula is C36H20N2O5. The van der Waals surface area contributed by atoms with Gasteiger partial charge in [-0.15, -0.1) is 0 Å². The normalized spacial score (nSPS) is 13.5. The number of nitrogens with one attached hydrogen (secondary N) is 2. The molecule has 7 heteroatoms. The highest BCUT2D eigenvalue weighted by Gasteiger charge is 2.36. The van der Waals surface area contributed by atoms with E-state index in [9.17, 15) is 24.0 Å². The monoisotopic (exact) mass is 560 g/mol. The standard InChI is InChI=1S/C36H20N2O5/c1-17-14-15-23-27(34(41)19-9-3-2-8-18(19)32(23)39)30(17)38-26-16-24-31(37-25-13-7-6-12-22(25)33(24)40)29-28(26)35(42)20-10-4-5-11-21(20)36(29)43/h2-16,38H,1H3,(H,37,40). The van der Waals surface area contributed by atoms with Crippen molar-refractivity contribution in [2.45, 2.75) is 6.92 Å².